The Morgan fingerprint density at radius 1 is 1.38 bits per heavy atom. The summed E-state index contributed by atoms with van der Waals surface area (Å²) in [5.41, 5.74) is 0.324. The molecular formula is C17H27NO3. The molecule has 1 rings (SSSR count). The van der Waals surface area contributed by atoms with E-state index in [9.17, 15) is 9.90 Å². The molecule has 0 fully saturated rings. The number of ether oxygens (including phenoxy) is 1. The minimum absolute atomic E-state index is 0.0429. The number of benzene rings is 1. The first kappa shape index (κ1) is 17.5. The molecule has 1 aromatic carbocycles. The standard InChI is InChI=1S/C17H27NO3/c1-6-17(4,5)16(20)18-11-15(19)13-8-7-9-14(10-13)21-12(2)3/h7-10,12,15,19H,6,11H2,1-5H3,(H,18,20). The third-order valence-electron chi connectivity index (χ3n) is 3.57. The number of aliphatic hydroxyl groups excluding tert-OH is 1. The largest absolute Gasteiger partial charge is 0.491 e. The van der Waals surface area contributed by atoms with Crippen molar-refractivity contribution in [1.82, 2.24) is 5.32 Å². The molecule has 0 aromatic heterocycles. The summed E-state index contributed by atoms with van der Waals surface area (Å²) in [4.78, 5) is 12.0. The minimum atomic E-state index is -0.739. The predicted molar refractivity (Wildman–Crippen MR) is 84.2 cm³/mol. The van der Waals surface area contributed by atoms with Crippen molar-refractivity contribution in [2.75, 3.05) is 6.54 Å². The SMILES string of the molecule is CCC(C)(C)C(=O)NCC(O)c1cccc(OC(C)C)c1. The zero-order chi connectivity index (χ0) is 16.0. The van der Waals surface area contributed by atoms with Crippen molar-refractivity contribution in [3.05, 3.63) is 29.8 Å². The van der Waals surface area contributed by atoms with Crippen LogP contribution in [-0.2, 0) is 4.79 Å². The molecule has 0 aliphatic carbocycles. The van der Waals surface area contributed by atoms with Crippen molar-refractivity contribution in [1.29, 1.82) is 0 Å². The van der Waals surface area contributed by atoms with Gasteiger partial charge in [-0.3, -0.25) is 4.79 Å². The molecule has 0 heterocycles. The maximum Gasteiger partial charge on any atom is 0.225 e. The fourth-order valence-corrected chi connectivity index (χ4v) is 1.77. The van der Waals surface area contributed by atoms with Crippen LogP contribution >= 0.6 is 0 Å². The molecule has 0 saturated heterocycles. The Bertz CT molecular complexity index is 469. The van der Waals surface area contributed by atoms with Crippen molar-refractivity contribution in [3.63, 3.8) is 0 Å². The Morgan fingerprint density at radius 2 is 2.05 bits per heavy atom. The van der Waals surface area contributed by atoms with E-state index in [0.29, 0.717) is 0 Å². The van der Waals surface area contributed by atoms with Gasteiger partial charge in [0, 0.05) is 12.0 Å². The van der Waals surface area contributed by atoms with Crippen molar-refractivity contribution in [2.24, 2.45) is 5.41 Å². The molecule has 0 aliphatic rings. The summed E-state index contributed by atoms with van der Waals surface area (Å²) in [6.45, 7) is 9.88. The summed E-state index contributed by atoms with van der Waals surface area (Å²) >= 11 is 0. The Hall–Kier alpha value is -1.55. The van der Waals surface area contributed by atoms with E-state index in [2.05, 4.69) is 5.32 Å². The van der Waals surface area contributed by atoms with Crippen LogP contribution in [0.15, 0.2) is 24.3 Å². The first-order valence-electron chi connectivity index (χ1n) is 7.49. The van der Waals surface area contributed by atoms with Crippen LogP contribution in [-0.4, -0.2) is 23.7 Å². The number of carbonyl (C=O) groups is 1. The van der Waals surface area contributed by atoms with Gasteiger partial charge in [0.1, 0.15) is 5.75 Å². The topological polar surface area (TPSA) is 58.6 Å². The molecule has 4 heteroatoms. The van der Waals surface area contributed by atoms with E-state index in [1.807, 2.05) is 58.9 Å². The lowest BCUT2D eigenvalue weighted by Crippen LogP contribution is -2.38. The van der Waals surface area contributed by atoms with Gasteiger partial charge in [-0.25, -0.2) is 0 Å². The van der Waals surface area contributed by atoms with Gasteiger partial charge in [0.15, 0.2) is 0 Å². The predicted octanol–water partition coefficient (Wildman–Crippen LogP) is 3.06. The van der Waals surface area contributed by atoms with Gasteiger partial charge in [0.25, 0.3) is 0 Å². The Balaban J connectivity index is 2.63. The Labute approximate surface area is 127 Å². The van der Waals surface area contributed by atoms with Crippen molar-refractivity contribution in [2.45, 2.75) is 53.2 Å². The van der Waals surface area contributed by atoms with E-state index in [-0.39, 0.29) is 18.6 Å². The van der Waals surface area contributed by atoms with Gasteiger partial charge in [-0.15, -0.1) is 0 Å². The maximum atomic E-state index is 12.0. The minimum Gasteiger partial charge on any atom is -0.491 e. The van der Waals surface area contributed by atoms with E-state index >= 15 is 0 Å². The number of hydrogen-bond acceptors (Lipinski definition) is 3. The highest BCUT2D eigenvalue weighted by Crippen LogP contribution is 2.22. The summed E-state index contributed by atoms with van der Waals surface area (Å²) in [5, 5.41) is 13.0. The highest BCUT2D eigenvalue weighted by molar-refractivity contribution is 5.81. The number of amides is 1. The molecule has 0 aliphatic heterocycles. The van der Waals surface area contributed by atoms with Gasteiger partial charge >= 0.3 is 0 Å². The normalized spacial score (nSPS) is 13.1. The lowest BCUT2D eigenvalue weighted by molar-refractivity contribution is -0.130. The van der Waals surface area contributed by atoms with Gasteiger partial charge in [0.05, 0.1) is 12.2 Å². The fraction of sp³-hybridized carbons (Fsp3) is 0.588. The maximum absolute atomic E-state index is 12.0. The van der Waals surface area contributed by atoms with Crippen LogP contribution in [0.2, 0.25) is 0 Å². The van der Waals surface area contributed by atoms with Crippen molar-refractivity contribution >= 4 is 5.91 Å². The molecular weight excluding hydrogens is 266 g/mol. The fourth-order valence-electron chi connectivity index (χ4n) is 1.77. The smallest absolute Gasteiger partial charge is 0.225 e. The molecule has 21 heavy (non-hydrogen) atoms. The van der Waals surface area contributed by atoms with Crippen LogP contribution in [0.25, 0.3) is 0 Å². The van der Waals surface area contributed by atoms with Gasteiger partial charge < -0.3 is 15.2 Å². The second-order valence-electron chi connectivity index (χ2n) is 6.20. The van der Waals surface area contributed by atoms with E-state index < -0.39 is 11.5 Å². The highest BCUT2D eigenvalue weighted by atomic mass is 16.5. The monoisotopic (exact) mass is 293 g/mol. The third kappa shape index (κ3) is 5.38. The van der Waals surface area contributed by atoms with Crippen molar-refractivity contribution in [3.8, 4) is 5.75 Å². The van der Waals surface area contributed by atoms with Crippen LogP contribution in [0.4, 0.5) is 0 Å². The Kier molecular flexibility index (Phi) is 6.21. The highest BCUT2D eigenvalue weighted by Gasteiger charge is 2.25. The average Bonchev–Trinajstić information content (AvgIpc) is 2.43. The Morgan fingerprint density at radius 3 is 2.62 bits per heavy atom. The lowest BCUT2D eigenvalue weighted by atomic mass is 9.89. The summed E-state index contributed by atoms with van der Waals surface area (Å²) in [6.07, 6.45) is 0.104. The summed E-state index contributed by atoms with van der Waals surface area (Å²) in [7, 11) is 0. The lowest BCUT2D eigenvalue weighted by Gasteiger charge is -2.23. The molecule has 1 unspecified atom stereocenters. The van der Waals surface area contributed by atoms with Crippen LogP contribution in [0.1, 0.15) is 52.7 Å². The molecule has 0 saturated carbocycles. The second-order valence-corrected chi connectivity index (χ2v) is 6.20. The van der Waals surface area contributed by atoms with Gasteiger partial charge in [-0.05, 0) is 38.0 Å². The molecule has 2 N–H and O–H groups in total. The summed E-state index contributed by atoms with van der Waals surface area (Å²) < 4.78 is 5.60. The van der Waals surface area contributed by atoms with E-state index in [4.69, 9.17) is 4.74 Å². The van der Waals surface area contributed by atoms with E-state index in [1.54, 1.807) is 0 Å². The number of carbonyl (C=O) groups excluding carboxylic acids is 1. The van der Waals surface area contributed by atoms with Crippen LogP contribution < -0.4 is 10.1 Å². The average molecular weight is 293 g/mol. The van der Waals surface area contributed by atoms with E-state index in [1.165, 1.54) is 0 Å². The van der Waals surface area contributed by atoms with Crippen LogP contribution in [0, 0.1) is 5.41 Å². The van der Waals surface area contributed by atoms with Gasteiger partial charge in [-0.2, -0.15) is 0 Å². The number of rotatable bonds is 7. The first-order chi connectivity index (χ1) is 9.76. The van der Waals surface area contributed by atoms with Gasteiger partial charge in [0.2, 0.25) is 5.91 Å². The first-order valence-corrected chi connectivity index (χ1v) is 7.49. The zero-order valence-corrected chi connectivity index (χ0v) is 13.6. The molecule has 0 bridgehead atoms. The molecule has 0 spiro atoms. The zero-order valence-electron chi connectivity index (χ0n) is 13.6. The summed E-state index contributed by atoms with van der Waals surface area (Å²) in [5.74, 6) is 0.681. The second kappa shape index (κ2) is 7.46. The molecule has 1 aromatic rings. The van der Waals surface area contributed by atoms with Crippen LogP contribution in [0.3, 0.4) is 0 Å². The summed E-state index contributed by atoms with van der Waals surface area (Å²) in [6, 6.07) is 7.33. The number of aliphatic hydroxyl groups is 1. The molecule has 1 amide bonds. The molecule has 0 radical (unpaired) electrons. The number of nitrogens with one attached hydrogen (secondary N) is 1. The quantitative estimate of drug-likeness (QED) is 0.812. The van der Waals surface area contributed by atoms with Gasteiger partial charge in [-0.1, -0.05) is 32.9 Å². The van der Waals surface area contributed by atoms with Crippen molar-refractivity contribution < 1.29 is 14.6 Å². The molecule has 4 nitrogen and oxygen atoms in total. The number of hydrogen-bond donors (Lipinski definition) is 2. The molecule has 118 valence electrons. The third-order valence-corrected chi connectivity index (χ3v) is 3.57. The van der Waals surface area contributed by atoms with E-state index in [0.717, 1.165) is 17.7 Å². The molecule has 1 atom stereocenters. The van der Waals surface area contributed by atoms with Crippen LogP contribution in [0.5, 0.6) is 5.75 Å².